The molecular weight excluding hydrogens is 422 g/mol. The first-order valence-electron chi connectivity index (χ1n) is 10.5. The molecule has 2 aromatic rings. The van der Waals surface area contributed by atoms with Crippen LogP contribution >= 0.6 is 23.4 Å². The topological polar surface area (TPSA) is 80.1 Å². The van der Waals surface area contributed by atoms with Crippen molar-refractivity contribution in [2.24, 2.45) is 0 Å². The van der Waals surface area contributed by atoms with Gasteiger partial charge in [-0.15, -0.1) is 10.2 Å². The average molecular weight is 448 g/mol. The number of carbonyl (C=O) groups is 2. The third-order valence-electron chi connectivity index (χ3n) is 5.70. The van der Waals surface area contributed by atoms with Gasteiger partial charge >= 0.3 is 0 Å². The second-order valence-electron chi connectivity index (χ2n) is 7.75. The van der Waals surface area contributed by atoms with E-state index in [-0.39, 0.29) is 24.1 Å². The number of nitrogens with zero attached hydrogens (tertiary/aromatic N) is 4. The van der Waals surface area contributed by atoms with Crippen LogP contribution in [0.1, 0.15) is 44.6 Å². The second-order valence-corrected chi connectivity index (χ2v) is 9.10. The summed E-state index contributed by atoms with van der Waals surface area (Å²) in [5.41, 5.74) is 0.853. The summed E-state index contributed by atoms with van der Waals surface area (Å²) in [5.74, 6) is 0.758. The van der Waals surface area contributed by atoms with E-state index >= 15 is 0 Å². The van der Waals surface area contributed by atoms with Crippen LogP contribution in [-0.2, 0) is 9.59 Å². The van der Waals surface area contributed by atoms with E-state index in [1.54, 1.807) is 4.90 Å². The lowest BCUT2D eigenvalue weighted by molar-refractivity contribution is -0.131. The van der Waals surface area contributed by atoms with Crippen LogP contribution in [0.25, 0.3) is 11.4 Å². The molecule has 0 bridgehead atoms. The monoisotopic (exact) mass is 447 g/mol. The summed E-state index contributed by atoms with van der Waals surface area (Å²) < 4.78 is 2.14. The molecule has 2 aliphatic rings. The number of rotatable bonds is 7. The minimum atomic E-state index is -0.173. The van der Waals surface area contributed by atoms with E-state index < -0.39 is 0 Å². The zero-order chi connectivity index (χ0) is 20.9. The third kappa shape index (κ3) is 4.81. The van der Waals surface area contributed by atoms with Crippen molar-refractivity contribution in [1.29, 1.82) is 0 Å². The first-order chi connectivity index (χ1) is 14.6. The number of aromatic nitrogens is 3. The minimum absolute atomic E-state index is 0.0130. The Balaban J connectivity index is 1.43. The number of likely N-dealkylation sites (tertiary alicyclic amines) is 1. The fourth-order valence-electron chi connectivity index (χ4n) is 4.13. The molecule has 0 atom stereocenters. The molecule has 1 N–H and O–H groups in total. The van der Waals surface area contributed by atoms with E-state index in [1.165, 1.54) is 24.6 Å². The summed E-state index contributed by atoms with van der Waals surface area (Å²) in [4.78, 5) is 26.2. The van der Waals surface area contributed by atoms with Crippen LogP contribution in [0.4, 0.5) is 0 Å². The van der Waals surface area contributed by atoms with Gasteiger partial charge in [0.1, 0.15) is 0 Å². The number of nitrogens with one attached hydrogen (secondary N) is 1. The number of hydrogen-bond acceptors (Lipinski definition) is 5. The fraction of sp³-hybridized carbons (Fsp3) is 0.524. The molecule has 30 heavy (non-hydrogen) atoms. The molecular formula is C21H26ClN5O2S. The highest BCUT2D eigenvalue weighted by Gasteiger charge is 2.26. The van der Waals surface area contributed by atoms with Gasteiger partial charge in [-0.05, 0) is 37.8 Å². The van der Waals surface area contributed by atoms with Gasteiger partial charge in [-0.25, -0.2) is 0 Å². The van der Waals surface area contributed by atoms with E-state index in [0.29, 0.717) is 11.1 Å². The number of halogens is 1. The standard InChI is InChI=1S/C21H26ClN5O2S/c22-17-10-4-3-9-16(17)20-24-25-21(27(20)15-7-1-2-8-15)30-14-18(28)23-13-19(29)26-11-5-6-12-26/h3-4,9-10,15H,1-2,5-8,11-14H2,(H,23,28). The predicted molar refractivity (Wildman–Crippen MR) is 118 cm³/mol. The lowest BCUT2D eigenvalue weighted by Gasteiger charge is -2.17. The smallest absolute Gasteiger partial charge is 0.241 e. The maximum Gasteiger partial charge on any atom is 0.241 e. The van der Waals surface area contributed by atoms with Crippen LogP contribution in [0.2, 0.25) is 5.02 Å². The summed E-state index contributed by atoms with van der Waals surface area (Å²) in [7, 11) is 0. The molecule has 2 amide bonds. The van der Waals surface area contributed by atoms with Crippen LogP contribution < -0.4 is 5.32 Å². The molecule has 1 aromatic heterocycles. The fourth-order valence-corrected chi connectivity index (χ4v) is 5.18. The van der Waals surface area contributed by atoms with Crippen molar-refractivity contribution in [2.75, 3.05) is 25.4 Å². The van der Waals surface area contributed by atoms with Gasteiger partial charge in [-0.3, -0.25) is 14.2 Å². The van der Waals surface area contributed by atoms with Crippen LogP contribution in [0.3, 0.4) is 0 Å². The average Bonchev–Trinajstić information content (AvgIpc) is 3.52. The van der Waals surface area contributed by atoms with Crippen molar-refractivity contribution in [3.05, 3.63) is 29.3 Å². The summed E-state index contributed by atoms with van der Waals surface area (Å²) in [6, 6.07) is 7.94. The van der Waals surface area contributed by atoms with Gasteiger partial charge in [-0.2, -0.15) is 0 Å². The van der Waals surface area contributed by atoms with E-state index in [9.17, 15) is 9.59 Å². The van der Waals surface area contributed by atoms with Gasteiger partial charge in [-0.1, -0.05) is 48.3 Å². The number of benzene rings is 1. The van der Waals surface area contributed by atoms with Gasteiger partial charge in [0.05, 0.1) is 17.3 Å². The Labute approximate surface area is 185 Å². The molecule has 0 radical (unpaired) electrons. The van der Waals surface area contributed by atoms with Gasteiger partial charge in [0.15, 0.2) is 11.0 Å². The van der Waals surface area contributed by atoms with Crippen molar-refractivity contribution in [2.45, 2.75) is 49.7 Å². The van der Waals surface area contributed by atoms with E-state index in [1.807, 2.05) is 24.3 Å². The number of amides is 2. The number of carbonyl (C=O) groups excluding carboxylic acids is 2. The molecule has 1 aliphatic carbocycles. The van der Waals surface area contributed by atoms with Crippen molar-refractivity contribution >= 4 is 35.2 Å². The molecule has 9 heteroatoms. The largest absolute Gasteiger partial charge is 0.346 e. The predicted octanol–water partition coefficient (Wildman–Crippen LogP) is 3.54. The normalized spacial score (nSPS) is 16.9. The first kappa shape index (κ1) is 21.2. The Kier molecular flexibility index (Phi) is 6.94. The van der Waals surface area contributed by atoms with Crippen molar-refractivity contribution in [3.63, 3.8) is 0 Å². The van der Waals surface area contributed by atoms with Gasteiger partial charge < -0.3 is 10.2 Å². The molecule has 0 spiro atoms. The molecule has 4 rings (SSSR count). The summed E-state index contributed by atoms with van der Waals surface area (Å²) in [6.07, 6.45) is 6.57. The number of thioether (sulfide) groups is 1. The Morgan fingerprint density at radius 2 is 1.83 bits per heavy atom. The Bertz CT molecular complexity index is 907. The van der Waals surface area contributed by atoms with Crippen LogP contribution in [0.5, 0.6) is 0 Å². The molecule has 2 fully saturated rings. The SMILES string of the molecule is O=C(CSc1nnc(-c2ccccc2Cl)n1C1CCCC1)NCC(=O)N1CCCC1. The molecule has 160 valence electrons. The highest BCUT2D eigenvalue weighted by molar-refractivity contribution is 7.99. The quantitative estimate of drug-likeness (QED) is 0.656. The highest BCUT2D eigenvalue weighted by Crippen LogP contribution is 2.38. The van der Waals surface area contributed by atoms with Crippen molar-refractivity contribution in [3.8, 4) is 11.4 Å². The lowest BCUT2D eigenvalue weighted by Crippen LogP contribution is -2.39. The molecule has 2 heterocycles. The van der Waals surface area contributed by atoms with Gasteiger partial charge in [0, 0.05) is 24.7 Å². The van der Waals surface area contributed by atoms with Gasteiger partial charge in [0.25, 0.3) is 0 Å². The molecule has 1 saturated carbocycles. The maximum absolute atomic E-state index is 12.3. The molecule has 7 nitrogen and oxygen atoms in total. The zero-order valence-corrected chi connectivity index (χ0v) is 18.4. The highest BCUT2D eigenvalue weighted by atomic mass is 35.5. The minimum Gasteiger partial charge on any atom is -0.346 e. The zero-order valence-electron chi connectivity index (χ0n) is 16.8. The second kappa shape index (κ2) is 9.83. The van der Waals surface area contributed by atoms with Crippen molar-refractivity contribution < 1.29 is 9.59 Å². The summed E-state index contributed by atoms with van der Waals surface area (Å²) in [5, 5.41) is 12.9. The van der Waals surface area contributed by atoms with Crippen LogP contribution in [0.15, 0.2) is 29.4 Å². The van der Waals surface area contributed by atoms with E-state index in [2.05, 4.69) is 20.1 Å². The Morgan fingerprint density at radius 3 is 2.57 bits per heavy atom. The van der Waals surface area contributed by atoms with Crippen LogP contribution in [0, 0.1) is 0 Å². The molecule has 0 unspecified atom stereocenters. The number of hydrogen-bond donors (Lipinski definition) is 1. The Morgan fingerprint density at radius 1 is 1.10 bits per heavy atom. The van der Waals surface area contributed by atoms with E-state index in [0.717, 1.165) is 55.3 Å². The van der Waals surface area contributed by atoms with Gasteiger partial charge in [0.2, 0.25) is 11.8 Å². The summed E-state index contributed by atoms with van der Waals surface area (Å²) >= 11 is 7.77. The first-order valence-corrected chi connectivity index (χ1v) is 11.9. The van der Waals surface area contributed by atoms with E-state index in [4.69, 9.17) is 11.6 Å². The lowest BCUT2D eigenvalue weighted by atomic mass is 10.2. The Hall–Kier alpha value is -2.06. The summed E-state index contributed by atoms with van der Waals surface area (Å²) in [6.45, 7) is 1.64. The molecule has 1 saturated heterocycles. The molecule has 1 aromatic carbocycles. The molecule has 1 aliphatic heterocycles. The van der Waals surface area contributed by atoms with Crippen LogP contribution in [-0.4, -0.2) is 56.9 Å². The van der Waals surface area contributed by atoms with Crippen molar-refractivity contribution in [1.82, 2.24) is 25.0 Å². The third-order valence-corrected chi connectivity index (χ3v) is 6.97. The maximum atomic E-state index is 12.3.